The topological polar surface area (TPSA) is 79.0 Å². The van der Waals surface area contributed by atoms with Gasteiger partial charge in [0.25, 0.3) is 0 Å². The van der Waals surface area contributed by atoms with E-state index in [1.54, 1.807) is 13.0 Å². The number of benzene rings is 1. The minimum Gasteiger partial charge on any atom is -0.492 e. The van der Waals surface area contributed by atoms with Crippen molar-refractivity contribution in [1.29, 1.82) is 0 Å². The molecule has 0 fully saturated rings. The monoisotopic (exact) mass is 359 g/mol. The SMILES string of the molecule is CCNC(=NCC(C)(O)c1ccc(C)o1)NCCOc1cccc(C)c1. The first kappa shape index (κ1) is 19.8. The fourth-order valence-corrected chi connectivity index (χ4v) is 2.42. The molecule has 2 aromatic rings. The number of nitrogens with zero attached hydrogens (tertiary/aromatic N) is 1. The van der Waals surface area contributed by atoms with E-state index in [1.165, 1.54) is 5.56 Å². The van der Waals surface area contributed by atoms with E-state index in [0.29, 0.717) is 24.9 Å². The number of guanidine groups is 1. The number of ether oxygens (including phenoxy) is 1. The van der Waals surface area contributed by atoms with Crippen molar-refractivity contribution in [2.24, 2.45) is 4.99 Å². The Kier molecular flexibility index (Phi) is 7.09. The molecule has 1 heterocycles. The number of furan rings is 1. The Morgan fingerprint density at radius 3 is 2.69 bits per heavy atom. The van der Waals surface area contributed by atoms with Gasteiger partial charge in [-0.25, -0.2) is 4.99 Å². The Labute approximate surface area is 155 Å². The lowest BCUT2D eigenvalue weighted by Crippen LogP contribution is -2.40. The van der Waals surface area contributed by atoms with E-state index in [9.17, 15) is 5.11 Å². The summed E-state index contributed by atoms with van der Waals surface area (Å²) in [6, 6.07) is 11.6. The smallest absolute Gasteiger partial charge is 0.191 e. The molecule has 2 rings (SSSR count). The van der Waals surface area contributed by atoms with Crippen LogP contribution < -0.4 is 15.4 Å². The third kappa shape index (κ3) is 6.11. The van der Waals surface area contributed by atoms with Crippen molar-refractivity contribution in [2.75, 3.05) is 26.2 Å². The molecule has 0 spiro atoms. The van der Waals surface area contributed by atoms with Crippen LogP contribution in [0, 0.1) is 13.8 Å². The minimum atomic E-state index is -1.16. The molecule has 1 unspecified atom stereocenters. The van der Waals surface area contributed by atoms with Crippen LogP contribution in [0.1, 0.15) is 30.9 Å². The normalized spacial score (nSPS) is 14.0. The highest BCUT2D eigenvalue weighted by Gasteiger charge is 2.26. The van der Waals surface area contributed by atoms with Gasteiger partial charge in [-0.3, -0.25) is 0 Å². The van der Waals surface area contributed by atoms with Gasteiger partial charge in [0.2, 0.25) is 0 Å². The fraction of sp³-hybridized carbons (Fsp3) is 0.450. The standard InChI is InChI=1S/C20H29N3O3/c1-5-21-19(22-11-12-25-17-8-6-7-15(2)13-17)23-14-20(4,24)18-10-9-16(3)26-18/h6-10,13,24H,5,11-12,14H2,1-4H3,(H2,21,22,23). The van der Waals surface area contributed by atoms with Gasteiger partial charge in [-0.2, -0.15) is 0 Å². The van der Waals surface area contributed by atoms with Crippen molar-refractivity contribution in [3.05, 3.63) is 53.5 Å². The Balaban J connectivity index is 1.86. The van der Waals surface area contributed by atoms with Crippen LogP contribution in [0.5, 0.6) is 5.75 Å². The molecule has 142 valence electrons. The van der Waals surface area contributed by atoms with Gasteiger partial charge < -0.3 is 24.9 Å². The first-order valence-corrected chi connectivity index (χ1v) is 8.91. The molecular formula is C20H29N3O3. The van der Waals surface area contributed by atoms with Gasteiger partial charge in [0, 0.05) is 6.54 Å². The summed E-state index contributed by atoms with van der Waals surface area (Å²) >= 11 is 0. The number of hydrogen-bond acceptors (Lipinski definition) is 4. The third-order valence-corrected chi connectivity index (χ3v) is 3.81. The summed E-state index contributed by atoms with van der Waals surface area (Å²) in [6.07, 6.45) is 0. The fourth-order valence-electron chi connectivity index (χ4n) is 2.42. The second-order valence-corrected chi connectivity index (χ2v) is 6.47. The van der Waals surface area contributed by atoms with E-state index >= 15 is 0 Å². The first-order valence-electron chi connectivity index (χ1n) is 8.91. The lowest BCUT2D eigenvalue weighted by atomic mass is 10.0. The molecule has 1 aromatic heterocycles. The highest BCUT2D eigenvalue weighted by molar-refractivity contribution is 5.79. The summed E-state index contributed by atoms with van der Waals surface area (Å²) in [5, 5.41) is 16.9. The maximum atomic E-state index is 10.6. The van der Waals surface area contributed by atoms with Gasteiger partial charge >= 0.3 is 0 Å². The van der Waals surface area contributed by atoms with Crippen LogP contribution in [0.2, 0.25) is 0 Å². The van der Waals surface area contributed by atoms with E-state index < -0.39 is 5.60 Å². The van der Waals surface area contributed by atoms with Gasteiger partial charge in [0.15, 0.2) is 5.96 Å². The average Bonchev–Trinajstić information content (AvgIpc) is 3.04. The van der Waals surface area contributed by atoms with Gasteiger partial charge in [0.1, 0.15) is 29.5 Å². The summed E-state index contributed by atoms with van der Waals surface area (Å²) in [5.41, 5.74) is 0.00931. The second kappa shape index (κ2) is 9.29. The zero-order valence-electron chi connectivity index (χ0n) is 16.0. The Bertz CT molecular complexity index is 723. The van der Waals surface area contributed by atoms with E-state index in [-0.39, 0.29) is 6.54 Å². The molecule has 1 atom stereocenters. The summed E-state index contributed by atoms with van der Waals surface area (Å²) in [4.78, 5) is 4.46. The molecular weight excluding hydrogens is 330 g/mol. The molecule has 26 heavy (non-hydrogen) atoms. The summed E-state index contributed by atoms with van der Waals surface area (Å²) in [7, 11) is 0. The van der Waals surface area contributed by atoms with Crippen molar-refractivity contribution >= 4 is 5.96 Å². The highest BCUT2D eigenvalue weighted by Crippen LogP contribution is 2.23. The van der Waals surface area contributed by atoms with Gasteiger partial charge in [-0.1, -0.05) is 12.1 Å². The van der Waals surface area contributed by atoms with Crippen molar-refractivity contribution in [3.8, 4) is 5.75 Å². The molecule has 3 N–H and O–H groups in total. The van der Waals surface area contributed by atoms with E-state index in [1.807, 2.05) is 51.1 Å². The van der Waals surface area contributed by atoms with Crippen LogP contribution in [0.25, 0.3) is 0 Å². The van der Waals surface area contributed by atoms with Crippen LogP contribution in [0.4, 0.5) is 0 Å². The largest absolute Gasteiger partial charge is 0.492 e. The number of nitrogens with one attached hydrogen (secondary N) is 2. The van der Waals surface area contributed by atoms with Crippen molar-refractivity contribution in [1.82, 2.24) is 10.6 Å². The van der Waals surface area contributed by atoms with E-state index in [4.69, 9.17) is 9.15 Å². The third-order valence-electron chi connectivity index (χ3n) is 3.81. The van der Waals surface area contributed by atoms with Gasteiger partial charge in [0.05, 0.1) is 13.1 Å². The van der Waals surface area contributed by atoms with E-state index in [0.717, 1.165) is 18.1 Å². The Hall–Kier alpha value is -2.47. The van der Waals surface area contributed by atoms with Crippen molar-refractivity contribution in [2.45, 2.75) is 33.3 Å². The average molecular weight is 359 g/mol. The summed E-state index contributed by atoms with van der Waals surface area (Å²) in [6.45, 7) is 9.60. The lowest BCUT2D eigenvalue weighted by molar-refractivity contribution is 0.0428. The number of aliphatic hydroxyl groups is 1. The zero-order valence-corrected chi connectivity index (χ0v) is 16.0. The van der Waals surface area contributed by atoms with Crippen molar-refractivity contribution in [3.63, 3.8) is 0 Å². The van der Waals surface area contributed by atoms with E-state index in [2.05, 4.69) is 15.6 Å². The van der Waals surface area contributed by atoms with Crippen LogP contribution in [0.15, 0.2) is 45.8 Å². The Morgan fingerprint density at radius 1 is 1.23 bits per heavy atom. The summed E-state index contributed by atoms with van der Waals surface area (Å²) in [5.74, 6) is 2.76. The first-order chi connectivity index (χ1) is 12.4. The molecule has 0 aliphatic rings. The predicted octanol–water partition coefficient (Wildman–Crippen LogP) is 2.74. The quantitative estimate of drug-likeness (QED) is 0.384. The molecule has 0 amide bonds. The molecule has 0 aliphatic carbocycles. The number of aliphatic imine (C=N–C) groups is 1. The molecule has 0 saturated heterocycles. The minimum absolute atomic E-state index is 0.189. The molecule has 0 radical (unpaired) electrons. The maximum Gasteiger partial charge on any atom is 0.191 e. The van der Waals surface area contributed by atoms with Gasteiger partial charge in [-0.05, 0) is 57.5 Å². The highest BCUT2D eigenvalue weighted by atomic mass is 16.5. The van der Waals surface area contributed by atoms with Crippen LogP contribution in [-0.4, -0.2) is 37.3 Å². The summed E-state index contributed by atoms with van der Waals surface area (Å²) < 4.78 is 11.2. The number of rotatable bonds is 8. The predicted molar refractivity (Wildman–Crippen MR) is 104 cm³/mol. The maximum absolute atomic E-state index is 10.6. The lowest BCUT2D eigenvalue weighted by Gasteiger charge is -2.19. The molecule has 0 saturated carbocycles. The molecule has 6 heteroatoms. The number of hydrogen-bond donors (Lipinski definition) is 3. The van der Waals surface area contributed by atoms with Crippen LogP contribution in [0.3, 0.4) is 0 Å². The van der Waals surface area contributed by atoms with Crippen LogP contribution in [-0.2, 0) is 5.60 Å². The molecule has 0 aliphatic heterocycles. The zero-order chi connectivity index (χ0) is 19.0. The van der Waals surface area contributed by atoms with Gasteiger partial charge in [-0.15, -0.1) is 0 Å². The van der Waals surface area contributed by atoms with Crippen LogP contribution >= 0.6 is 0 Å². The molecule has 6 nitrogen and oxygen atoms in total. The van der Waals surface area contributed by atoms with Crippen molar-refractivity contribution < 1.29 is 14.3 Å². The second-order valence-electron chi connectivity index (χ2n) is 6.47. The molecule has 1 aromatic carbocycles. The molecule has 0 bridgehead atoms. The Morgan fingerprint density at radius 2 is 2.04 bits per heavy atom. The number of aryl methyl sites for hydroxylation is 2.